The number of aryl methyl sites for hydroxylation is 2. The molecular weight excluding hydrogens is 198 g/mol. The van der Waals surface area contributed by atoms with Crippen molar-refractivity contribution in [3.63, 3.8) is 0 Å². The summed E-state index contributed by atoms with van der Waals surface area (Å²) in [5, 5.41) is 3.47. The Bertz CT molecular complexity index is 278. The SMILES string of the molecule is CCn1ccnc1CCCCNCC(C)C. The standard InChI is InChI=1S/C13H25N3/c1-4-16-10-9-15-13(16)7-5-6-8-14-11-12(2)3/h9-10,12,14H,4-8,11H2,1-3H3. The summed E-state index contributed by atoms with van der Waals surface area (Å²) in [6.45, 7) is 9.93. The number of hydrogen-bond donors (Lipinski definition) is 1. The maximum atomic E-state index is 4.38. The number of nitrogens with zero attached hydrogens (tertiary/aromatic N) is 2. The molecule has 0 unspecified atom stereocenters. The summed E-state index contributed by atoms with van der Waals surface area (Å²) in [6.07, 6.45) is 7.53. The lowest BCUT2D eigenvalue weighted by Gasteiger charge is -2.07. The Morgan fingerprint density at radius 2 is 2.19 bits per heavy atom. The van der Waals surface area contributed by atoms with E-state index in [1.807, 2.05) is 6.20 Å². The second kappa shape index (κ2) is 7.44. The highest BCUT2D eigenvalue weighted by Crippen LogP contribution is 2.03. The largest absolute Gasteiger partial charge is 0.335 e. The summed E-state index contributed by atoms with van der Waals surface area (Å²) in [7, 11) is 0. The fraction of sp³-hybridized carbons (Fsp3) is 0.769. The Kier molecular flexibility index (Phi) is 6.16. The first-order chi connectivity index (χ1) is 7.74. The third-order valence-electron chi connectivity index (χ3n) is 2.70. The number of rotatable bonds is 8. The first kappa shape index (κ1) is 13.2. The zero-order chi connectivity index (χ0) is 11.8. The third kappa shape index (κ3) is 4.79. The molecule has 0 fully saturated rings. The van der Waals surface area contributed by atoms with Gasteiger partial charge < -0.3 is 9.88 Å². The van der Waals surface area contributed by atoms with E-state index >= 15 is 0 Å². The molecule has 16 heavy (non-hydrogen) atoms. The van der Waals surface area contributed by atoms with Crippen LogP contribution in [-0.2, 0) is 13.0 Å². The Morgan fingerprint density at radius 1 is 1.38 bits per heavy atom. The van der Waals surface area contributed by atoms with Crippen LogP contribution in [-0.4, -0.2) is 22.6 Å². The quantitative estimate of drug-likeness (QED) is 0.686. The molecule has 0 bridgehead atoms. The highest BCUT2D eigenvalue weighted by Gasteiger charge is 2.00. The van der Waals surface area contributed by atoms with Crippen molar-refractivity contribution < 1.29 is 0 Å². The van der Waals surface area contributed by atoms with E-state index in [0.29, 0.717) is 0 Å². The summed E-state index contributed by atoms with van der Waals surface area (Å²) < 4.78 is 2.22. The minimum atomic E-state index is 0.749. The van der Waals surface area contributed by atoms with Gasteiger partial charge >= 0.3 is 0 Å². The molecule has 0 saturated heterocycles. The molecule has 0 saturated carbocycles. The third-order valence-corrected chi connectivity index (χ3v) is 2.70. The molecule has 0 aliphatic carbocycles. The molecule has 1 N–H and O–H groups in total. The fourth-order valence-corrected chi connectivity index (χ4v) is 1.78. The maximum Gasteiger partial charge on any atom is 0.108 e. The van der Waals surface area contributed by atoms with Crippen LogP contribution in [0.2, 0.25) is 0 Å². The van der Waals surface area contributed by atoms with Gasteiger partial charge in [-0.2, -0.15) is 0 Å². The number of imidazole rings is 1. The summed E-state index contributed by atoms with van der Waals surface area (Å²) >= 11 is 0. The van der Waals surface area contributed by atoms with Crippen LogP contribution in [0.3, 0.4) is 0 Å². The van der Waals surface area contributed by atoms with Gasteiger partial charge in [0.25, 0.3) is 0 Å². The van der Waals surface area contributed by atoms with Gasteiger partial charge in [-0.1, -0.05) is 13.8 Å². The van der Waals surface area contributed by atoms with E-state index in [9.17, 15) is 0 Å². The van der Waals surface area contributed by atoms with Crippen LogP contribution in [0.25, 0.3) is 0 Å². The highest BCUT2D eigenvalue weighted by molar-refractivity contribution is 4.92. The molecule has 3 heteroatoms. The first-order valence-electron chi connectivity index (χ1n) is 6.44. The van der Waals surface area contributed by atoms with E-state index in [4.69, 9.17) is 0 Å². The number of hydrogen-bond acceptors (Lipinski definition) is 2. The normalized spacial score (nSPS) is 11.2. The first-order valence-corrected chi connectivity index (χ1v) is 6.44. The van der Waals surface area contributed by atoms with E-state index in [-0.39, 0.29) is 0 Å². The molecule has 3 nitrogen and oxygen atoms in total. The van der Waals surface area contributed by atoms with Crippen molar-refractivity contribution in [1.29, 1.82) is 0 Å². The smallest absolute Gasteiger partial charge is 0.108 e. The van der Waals surface area contributed by atoms with Crippen LogP contribution >= 0.6 is 0 Å². The second-order valence-electron chi connectivity index (χ2n) is 4.68. The van der Waals surface area contributed by atoms with Crippen molar-refractivity contribution in [2.24, 2.45) is 5.92 Å². The van der Waals surface area contributed by atoms with Crippen molar-refractivity contribution >= 4 is 0 Å². The summed E-state index contributed by atoms with van der Waals surface area (Å²) in [6, 6.07) is 0. The van der Waals surface area contributed by atoms with Gasteiger partial charge in [0.05, 0.1) is 0 Å². The van der Waals surface area contributed by atoms with Gasteiger partial charge in [0.15, 0.2) is 0 Å². The molecule has 92 valence electrons. The molecule has 0 aliphatic heterocycles. The lowest BCUT2D eigenvalue weighted by Crippen LogP contribution is -2.20. The molecule has 1 heterocycles. The average Bonchev–Trinajstić information content (AvgIpc) is 2.70. The van der Waals surface area contributed by atoms with Gasteiger partial charge in [-0.25, -0.2) is 4.98 Å². The van der Waals surface area contributed by atoms with Gasteiger partial charge in [0, 0.05) is 25.4 Å². The number of unbranched alkanes of at least 4 members (excludes halogenated alkanes) is 1. The molecule has 0 aromatic carbocycles. The Labute approximate surface area is 99.3 Å². The molecule has 1 aromatic rings. The van der Waals surface area contributed by atoms with Gasteiger partial charge in [-0.15, -0.1) is 0 Å². The average molecular weight is 223 g/mol. The van der Waals surface area contributed by atoms with Gasteiger partial charge in [-0.3, -0.25) is 0 Å². The van der Waals surface area contributed by atoms with Crippen molar-refractivity contribution in [2.45, 2.75) is 46.6 Å². The molecule has 0 amide bonds. The van der Waals surface area contributed by atoms with Crippen molar-refractivity contribution in [3.8, 4) is 0 Å². The van der Waals surface area contributed by atoms with E-state index in [1.54, 1.807) is 0 Å². The fourth-order valence-electron chi connectivity index (χ4n) is 1.78. The monoisotopic (exact) mass is 223 g/mol. The number of aromatic nitrogens is 2. The zero-order valence-electron chi connectivity index (χ0n) is 10.9. The van der Waals surface area contributed by atoms with E-state index in [2.05, 4.69) is 41.8 Å². The van der Waals surface area contributed by atoms with Crippen LogP contribution in [0.4, 0.5) is 0 Å². The van der Waals surface area contributed by atoms with Crippen LogP contribution in [0, 0.1) is 5.92 Å². The summed E-state index contributed by atoms with van der Waals surface area (Å²) in [5.41, 5.74) is 0. The molecule has 0 radical (unpaired) electrons. The molecule has 0 atom stereocenters. The molecule has 0 aliphatic rings. The molecule has 1 aromatic heterocycles. The predicted octanol–water partition coefficient (Wildman–Crippen LogP) is 2.47. The van der Waals surface area contributed by atoms with Gasteiger partial charge in [0.1, 0.15) is 5.82 Å². The molecule has 1 rings (SSSR count). The van der Waals surface area contributed by atoms with Gasteiger partial charge in [0.2, 0.25) is 0 Å². The Morgan fingerprint density at radius 3 is 2.88 bits per heavy atom. The predicted molar refractivity (Wildman–Crippen MR) is 68.5 cm³/mol. The van der Waals surface area contributed by atoms with E-state index in [0.717, 1.165) is 32.0 Å². The van der Waals surface area contributed by atoms with Crippen LogP contribution in [0.15, 0.2) is 12.4 Å². The highest BCUT2D eigenvalue weighted by atomic mass is 15.0. The lowest BCUT2D eigenvalue weighted by molar-refractivity contribution is 0.531. The number of nitrogens with one attached hydrogen (secondary N) is 1. The summed E-state index contributed by atoms with van der Waals surface area (Å²) in [4.78, 5) is 4.38. The van der Waals surface area contributed by atoms with Crippen LogP contribution in [0.5, 0.6) is 0 Å². The minimum absolute atomic E-state index is 0.749. The van der Waals surface area contributed by atoms with Crippen molar-refractivity contribution in [2.75, 3.05) is 13.1 Å². The van der Waals surface area contributed by atoms with Crippen LogP contribution < -0.4 is 5.32 Å². The van der Waals surface area contributed by atoms with E-state index < -0.39 is 0 Å². The second-order valence-corrected chi connectivity index (χ2v) is 4.68. The van der Waals surface area contributed by atoms with Crippen molar-refractivity contribution in [3.05, 3.63) is 18.2 Å². The molecular formula is C13H25N3. The van der Waals surface area contributed by atoms with Crippen molar-refractivity contribution in [1.82, 2.24) is 14.9 Å². The maximum absolute atomic E-state index is 4.38. The minimum Gasteiger partial charge on any atom is -0.335 e. The van der Waals surface area contributed by atoms with Gasteiger partial charge in [-0.05, 0) is 38.8 Å². The Hall–Kier alpha value is -0.830. The summed E-state index contributed by atoms with van der Waals surface area (Å²) in [5.74, 6) is 1.98. The Balaban J connectivity index is 2.07. The molecule has 0 spiro atoms. The van der Waals surface area contributed by atoms with Crippen LogP contribution in [0.1, 0.15) is 39.4 Å². The zero-order valence-corrected chi connectivity index (χ0v) is 10.9. The lowest BCUT2D eigenvalue weighted by atomic mass is 10.2. The van der Waals surface area contributed by atoms with E-state index in [1.165, 1.54) is 18.7 Å². The topological polar surface area (TPSA) is 29.9 Å².